The third-order valence-electron chi connectivity index (χ3n) is 5.13. The monoisotopic (exact) mass is 338 g/mol. The SMILES string of the molecule is CC1(C)OB(c2ccc(OCCCc3ccccc3)cc2)OC1(C)C. The molecular formula is C21H27BO3. The summed E-state index contributed by atoms with van der Waals surface area (Å²) in [5.74, 6) is 0.883. The molecule has 1 aliphatic heterocycles. The van der Waals surface area contributed by atoms with Gasteiger partial charge < -0.3 is 14.0 Å². The molecule has 1 fully saturated rings. The number of rotatable bonds is 6. The van der Waals surface area contributed by atoms with Crippen LogP contribution in [0.4, 0.5) is 0 Å². The molecule has 0 spiro atoms. The normalized spacial score (nSPS) is 18.3. The molecule has 2 aromatic carbocycles. The molecule has 4 heteroatoms. The molecule has 2 aromatic rings. The van der Waals surface area contributed by atoms with Gasteiger partial charge in [0.25, 0.3) is 0 Å². The van der Waals surface area contributed by atoms with Crippen LogP contribution < -0.4 is 10.2 Å². The summed E-state index contributed by atoms with van der Waals surface area (Å²) >= 11 is 0. The molecule has 0 amide bonds. The lowest BCUT2D eigenvalue weighted by molar-refractivity contribution is 0.00578. The van der Waals surface area contributed by atoms with Crippen LogP contribution in [0.1, 0.15) is 39.7 Å². The number of ether oxygens (including phenoxy) is 1. The van der Waals surface area contributed by atoms with Gasteiger partial charge in [0.05, 0.1) is 17.8 Å². The Kier molecular flexibility index (Phi) is 5.21. The summed E-state index contributed by atoms with van der Waals surface area (Å²) in [5.41, 5.74) is 1.74. The number of hydrogen-bond donors (Lipinski definition) is 0. The molecule has 132 valence electrons. The van der Waals surface area contributed by atoms with Crippen LogP contribution in [0.5, 0.6) is 5.75 Å². The van der Waals surface area contributed by atoms with Gasteiger partial charge in [0.1, 0.15) is 5.75 Å². The van der Waals surface area contributed by atoms with E-state index in [-0.39, 0.29) is 18.3 Å². The predicted octanol–water partition coefficient (Wildman–Crippen LogP) is 4.00. The average Bonchev–Trinajstić information content (AvgIpc) is 2.81. The van der Waals surface area contributed by atoms with E-state index in [2.05, 4.69) is 52.0 Å². The molecule has 1 heterocycles. The molecule has 25 heavy (non-hydrogen) atoms. The molecular weight excluding hydrogens is 311 g/mol. The molecule has 0 saturated carbocycles. The van der Waals surface area contributed by atoms with Gasteiger partial charge in [0.2, 0.25) is 0 Å². The van der Waals surface area contributed by atoms with Crippen molar-refractivity contribution in [3.05, 3.63) is 60.2 Å². The smallest absolute Gasteiger partial charge is 0.494 e. The molecule has 0 bridgehead atoms. The largest absolute Gasteiger partial charge is 0.494 e. The molecule has 1 aliphatic rings. The Labute approximate surface area is 151 Å². The van der Waals surface area contributed by atoms with E-state index in [1.807, 2.05) is 30.3 Å². The number of hydrogen-bond acceptors (Lipinski definition) is 3. The van der Waals surface area contributed by atoms with E-state index < -0.39 is 0 Å². The van der Waals surface area contributed by atoms with Gasteiger partial charge >= 0.3 is 7.12 Å². The highest BCUT2D eigenvalue weighted by molar-refractivity contribution is 6.62. The fourth-order valence-electron chi connectivity index (χ4n) is 2.81. The zero-order chi connectivity index (χ0) is 17.9. The standard InChI is InChI=1S/C21H27BO3/c1-20(2)21(3,4)25-22(24-20)18-12-14-19(15-13-18)23-16-8-11-17-9-6-5-7-10-17/h5-7,9-10,12-15H,8,11,16H2,1-4H3. The van der Waals surface area contributed by atoms with Crippen molar-refractivity contribution >= 4 is 12.6 Å². The molecule has 0 aromatic heterocycles. The highest BCUT2D eigenvalue weighted by atomic mass is 16.7. The maximum atomic E-state index is 6.07. The average molecular weight is 338 g/mol. The van der Waals surface area contributed by atoms with Gasteiger partial charge in [-0.1, -0.05) is 42.5 Å². The maximum Gasteiger partial charge on any atom is 0.494 e. The second-order valence-electron chi connectivity index (χ2n) is 7.59. The summed E-state index contributed by atoms with van der Waals surface area (Å²) in [5, 5.41) is 0. The van der Waals surface area contributed by atoms with Crippen molar-refractivity contribution in [1.29, 1.82) is 0 Å². The van der Waals surface area contributed by atoms with Crippen molar-refractivity contribution in [3.63, 3.8) is 0 Å². The molecule has 0 N–H and O–H groups in total. The second kappa shape index (κ2) is 7.23. The first kappa shape index (κ1) is 18.0. The van der Waals surface area contributed by atoms with Gasteiger partial charge in [0, 0.05) is 0 Å². The van der Waals surface area contributed by atoms with Crippen molar-refractivity contribution in [3.8, 4) is 5.75 Å². The highest BCUT2D eigenvalue weighted by Gasteiger charge is 2.51. The van der Waals surface area contributed by atoms with E-state index in [1.54, 1.807) is 0 Å². The predicted molar refractivity (Wildman–Crippen MR) is 102 cm³/mol. The third kappa shape index (κ3) is 4.25. The molecule has 3 rings (SSSR count). The lowest BCUT2D eigenvalue weighted by Gasteiger charge is -2.32. The maximum absolute atomic E-state index is 6.07. The summed E-state index contributed by atoms with van der Waals surface area (Å²) in [6.45, 7) is 8.98. The van der Waals surface area contributed by atoms with Crippen LogP contribution >= 0.6 is 0 Å². The Morgan fingerprint density at radius 2 is 1.44 bits per heavy atom. The van der Waals surface area contributed by atoms with Crippen molar-refractivity contribution < 1.29 is 14.0 Å². The molecule has 1 saturated heterocycles. The summed E-state index contributed by atoms with van der Waals surface area (Å²) in [6.07, 6.45) is 2.04. The van der Waals surface area contributed by atoms with E-state index in [9.17, 15) is 0 Å². The molecule has 0 atom stereocenters. The fraction of sp³-hybridized carbons (Fsp3) is 0.429. The van der Waals surface area contributed by atoms with Gasteiger partial charge in [0.15, 0.2) is 0 Å². The molecule has 0 radical (unpaired) electrons. The van der Waals surface area contributed by atoms with Crippen LogP contribution in [0.25, 0.3) is 0 Å². The Bertz CT molecular complexity index is 664. The van der Waals surface area contributed by atoms with Crippen molar-refractivity contribution in [2.24, 2.45) is 0 Å². The van der Waals surface area contributed by atoms with Gasteiger partial charge in [-0.2, -0.15) is 0 Å². The summed E-state index contributed by atoms with van der Waals surface area (Å²) < 4.78 is 18.0. The zero-order valence-corrected chi connectivity index (χ0v) is 15.6. The molecule has 3 nitrogen and oxygen atoms in total. The summed E-state index contributed by atoms with van der Waals surface area (Å²) in [7, 11) is -0.322. The van der Waals surface area contributed by atoms with Crippen LogP contribution in [-0.2, 0) is 15.7 Å². The first-order valence-electron chi connectivity index (χ1n) is 9.00. The minimum Gasteiger partial charge on any atom is -0.494 e. The quantitative estimate of drug-likeness (QED) is 0.589. The van der Waals surface area contributed by atoms with Crippen molar-refractivity contribution in [2.45, 2.75) is 51.7 Å². The highest BCUT2D eigenvalue weighted by Crippen LogP contribution is 2.36. The van der Waals surface area contributed by atoms with Crippen LogP contribution in [0.2, 0.25) is 0 Å². The topological polar surface area (TPSA) is 27.7 Å². The van der Waals surface area contributed by atoms with E-state index in [0.29, 0.717) is 6.61 Å². The molecule has 0 unspecified atom stereocenters. The third-order valence-corrected chi connectivity index (χ3v) is 5.13. The van der Waals surface area contributed by atoms with E-state index in [1.165, 1.54) is 5.56 Å². The summed E-state index contributed by atoms with van der Waals surface area (Å²) in [4.78, 5) is 0. The first-order chi connectivity index (χ1) is 11.9. The van der Waals surface area contributed by atoms with Gasteiger partial charge in [-0.3, -0.25) is 0 Å². The van der Waals surface area contributed by atoms with Gasteiger partial charge in [-0.25, -0.2) is 0 Å². The first-order valence-corrected chi connectivity index (χ1v) is 9.00. The van der Waals surface area contributed by atoms with E-state index in [4.69, 9.17) is 14.0 Å². The lowest BCUT2D eigenvalue weighted by atomic mass is 9.79. The summed E-state index contributed by atoms with van der Waals surface area (Å²) in [6, 6.07) is 18.5. The number of aryl methyl sites for hydroxylation is 1. The Hall–Kier alpha value is -1.78. The van der Waals surface area contributed by atoms with Crippen LogP contribution in [-0.4, -0.2) is 24.9 Å². The Balaban J connectivity index is 1.49. The van der Waals surface area contributed by atoms with Crippen LogP contribution in [0.15, 0.2) is 54.6 Å². The Morgan fingerprint density at radius 3 is 2.04 bits per heavy atom. The lowest BCUT2D eigenvalue weighted by Crippen LogP contribution is -2.41. The van der Waals surface area contributed by atoms with E-state index in [0.717, 1.165) is 24.1 Å². The fourth-order valence-corrected chi connectivity index (χ4v) is 2.81. The minimum absolute atomic E-state index is 0.315. The van der Waals surface area contributed by atoms with Crippen LogP contribution in [0, 0.1) is 0 Å². The van der Waals surface area contributed by atoms with Gasteiger partial charge in [-0.05, 0) is 63.7 Å². The van der Waals surface area contributed by atoms with E-state index >= 15 is 0 Å². The second-order valence-corrected chi connectivity index (χ2v) is 7.59. The van der Waals surface area contributed by atoms with Crippen LogP contribution in [0.3, 0.4) is 0 Å². The minimum atomic E-state index is -0.322. The zero-order valence-electron chi connectivity index (χ0n) is 15.6. The van der Waals surface area contributed by atoms with Crippen molar-refractivity contribution in [1.82, 2.24) is 0 Å². The van der Waals surface area contributed by atoms with Gasteiger partial charge in [-0.15, -0.1) is 0 Å². The number of benzene rings is 2. The van der Waals surface area contributed by atoms with Crippen molar-refractivity contribution in [2.75, 3.05) is 6.61 Å². The molecule has 0 aliphatic carbocycles. The Morgan fingerprint density at radius 1 is 0.840 bits per heavy atom.